The number of unbranched alkanes of at least 4 members (excludes halogenated alkanes) is 1. The van der Waals surface area contributed by atoms with Crippen molar-refractivity contribution in [2.75, 3.05) is 20.6 Å². The Hall–Kier alpha value is -7.30. The normalized spacial score (nSPS) is 17.3. The number of rotatable bonds is 16. The van der Waals surface area contributed by atoms with Crippen molar-refractivity contribution in [1.29, 1.82) is 0 Å². The van der Waals surface area contributed by atoms with Gasteiger partial charge in [-0.2, -0.15) is 0 Å². The van der Waals surface area contributed by atoms with Gasteiger partial charge in [-0.05, 0) is 129 Å². The van der Waals surface area contributed by atoms with Crippen molar-refractivity contribution in [2.45, 2.75) is 69.7 Å². The minimum Gasteiger partial charge on any atom is -0.507 e. The number of aliphatic imine (C=N–C) groups is 1. The molecule has 1 heterocycles. The number of carbonyl (C=O) groups excluding carboxylic acids is 6. The molecular formula is C49H55ClN8O8. The van der Waals surface area contributed by atoms with Crippen molar-refractivity contribution in [3.63, 3.8) is 0 Å². The number of nitrogens with zero attached hydrogens (tertiary/aromatic N) is 2. The van der Waals surface area contributed by atoms with Gasteiger partial charge in [-0.15, -0.1) is 0 Å². The Morgan fingerprint density at radius 1 is 0.894 bits per heavy atom. The summed E-state index contributed by atoms with van der Waals surface area (Å²) in [5, 5.41) is 36.5. The molecule has 0 fully saturated rings. The van der Waals surface area contributed by atoms with Gasteiger partial charge in [-0.25, -0.2) is 0 Å². The molecule has 0 spiro atoms. The first kappa shape index (κ1) is 49.7. The highest BCUT2D eigenvalue weighted by Gasteiger charge is 2.36. The number of fused-ring (bicyclic) bond motifs is 5. The van der Waals surface area contributed by atoms with Gasteiger partial charge in [0.2, 0.25) is 23.6 Å². The second-order valence-corrected chi connectivity index (χ2v) is 16.3. The molecule has 0 aromatic heterocycles. The first-order valence-electron chi connectivity index (χ1n) is 21.3. The van der Waals surface area contributed by atoms with E-state index in [0.29, 0.717) is 35.7 Å². The molecule has 4 aromatic carbocycles. The Bertz CT molecular complexity index is 2510. The Labute approximate surface area is 388 Å². The van der Waals surface area contributed by atoms with Crippen LogP contribution >= 0.6 is 11.6 Å². The Balaban J connectivity index is 1.46. The predicted molar refractivity (Wildman–Crippen MR) is 253 cm³/mol. The first-order chi connectivity index (χ1) is 31.5. The van der Waals surface area contributed by atoms with Crippen LogP contribution in [-0.2, 0) is 30.4 Å². The number of carbonyl (C=O) groups is 6. The maximum Gasteiger partial charge on any atom is 0.251 e. The van der Waals surface area contributed by atoms with Crippen LogP contribution in [0, 0.1) is 0 Å². The first-order valence-corrected chi connectivity index (χ1v) is 21.7. The lowest BCUT2D eigenvalue weighted by Gasteiger charge is -2.32. The molecular weight excluding hydrogens is 864 g/mol. The zero-order chi connectivity index (χ0) is 48.1. The number of halogens is 1. The number of hydrogen-bond donors (Lipinski definition) is 8. The summed E-state index contributed by atoms with van der Waals surface area (Å²) in [6.07, 6.45) is 5.24. The molecule has 1 aliphatic heterocycles. The third-order valence-electron chi connectivity index (χ3n) is 11.0. The van der Waals surface area contributed by atoms with E-state index in [4.69, 9.17) is 17.3 Å². The minimum atomic E-state index is -1.45. The molecule has 5 atom stereocenters. The van der Waals surface area contributed by atoms with Crippen molar-refractivity contribution in [2.24, 2.45) is 10.7 Å². The number of nitrogens with two attached hydrogens (primary N) is 1. The molecule has 1 aliphatic rings. The van der Waals surface area contributed by atoms with Crippen molar-refractivity contribution >= 4 is 53.6 Å². The van der Waals surface area contributed by atoms with E-state index >= 15 is 0 Å². The molecule has 0 unspecified atom stereocenters. The van der Waals surface area contributed by atoms with Crippen molar-refractivity contribution in [1.82, 2.24) is 31.5 Å². The number of phenolic OH excluding ortho intramolecular Hbond substituents is 2. The SMILES string of the molecule is C=NC(=C\NC)/C=C/C(=O)[C@H](C)NC(=O)[C@@H]1Cc2ccc(O)c(c2)-c2cc(ccc2O)[C@H](N(C)C(=O)[C@H](CCCCN)NC(=O)c2ccc(-c3ccc(Cl)cc3)cc2)C(=O)N[C@@H](C)C(=O)N1. The predicted octanol–water partition coefficient (Wildman–Crippen LogP) is 4.45. The largest absolute Gasteiger partial charge is 0.507 e. The van der Waals surface area contributed by atoms with E-state index in [1.165, 1.54) is 69.6 Å². The van der Waals surface area contributed by atoms with Crippen LogP contribution in [0.4, 0.5) is 0 Å². The summed E-state index contributed by atoms with van der Waals surface area (Å²) in [5.74, 6) is -4.45. The molecule has 4 bridgehead atoms. The average molecular weight is 919 g/mol. The van der Waals surface area contributed by atoms with Crippen LogP contribution in [0.1, 0.15) is 60.6 Å². The Kier molecular flexibility index (Phi) is 17.4. The summed E-state index contributed by atoms with van der Waals surface area (Å²) in [6, 6.07) is 16.5. The fourth-order valence-electron chi connectivity index (χ4n) is 7.33. The second kappa shape index (κ2) is 23.1. The van der Waals surface area contributed by atoms with Gasteiger partial charge in [-0.3, -0.25) is 33.8 Å². The smallest absolute Gasteiger partial charge is 0.251 e. The summed E-state index contributed by atoms with van der Waals surface area (Å²) >= 11 is 6.05. The molecule has 0 aliphatic carbocycles. The fourth-order valence-corrected chi connectivity index (χ4v) is 7.45. The molecule has 346 valence electrons. The zero-order valence-corrected chi connectivity index (χ0v) is 37.9. The monoisotopic (exact) mass is 918 g/mol. The van der Waals surface area contributed by atoms with Crippen LogP contribution < -0.4 is 32.3 Å². The Morgan fingerprint density at radius 2 is 1.53 bits per heavy atom. The molecule has 0 saturated carbocycles. The molecule has 5 rings (SSSR count). The van der Waals surface area contributed by atoms with Gasteiger partial charge in [-0.1, -0.05) is 48.0 Å². The minimum absolute atomic E-state index is 0.0993. The summed E-state index contributed by atoms with van der Waals surface area (Å²) < 4.78 is 0. The van der Waals surface area contributed by atoms with E-state index in [1.807, 2.05) is 12.1 Å². The second-order valence-electron chi connectivity index (χ2n) is 15.9. The number of allylic oxidation sites excluding steroid dienone is 1. The highest BCUT2D eigenvalue weighted by atomic mass is 35.5. The third-order valence-corrected chi connectivity index (χ3v) is 11.3. The van der Waals surface area contributed by atoms with Crippen molar-refractivity contribution < 1.29 is 39.0 Å². The van der Waals surface area contributed by atoms with Crippen LogP contribution in [0.25, 0.3) is 22.3 Å². The summed E-state index contributed by atoms with van der Waals surface area (Å²) in [4.78, 5) is 88.4. The number of phenols is 2. The molecule has 5 amide bonds. The summed E-state index contributed by atoms with van der Waals surface area (Å²) in [6.45, 7) is 6.68. The maximum atomic E-state index is 14.6. The average Bonchev–Trinajstić information content (AvgIpc) is 3.30. The standard InChI is InChI=1S/C49H55ClN8O8/c1-28(41(59)22-19-36(53-4)27-52-3)54-47(64)40-25-30-9-20-42(60)37(24-30)38-26-34(16-21-43(38)61)44(48(65)55-29(2)45(62)57-40)58(5)49(66)39(8-6-7-23-51)56-46(63)33-12-10-31(11-13-33)32-14-17-35(50)18-15-32/h9-22,24,26-29,39-40,44,52,60-61H,4,6-8,23,25,51H2,1-3,5H3,(H,54,64)(H,55,65)(H,56,63)(H,57,62)/b22-19+,36-27-/t28-,29-,39-,40-,44-/m0/s1. The van der Waals surface area contributed by atoms with Crippen molar-refractivity contribution in [3.8, 4) is 33.8 Å². The van der Waals surface area contributed by atoms with E-state index in [9.17, 15) is 39.0 Å². The molecule has 66 heavy (non-hydrogen) atoms. The van der Waals surface area contributed by atoms with E-state index in [0.717, 1.165) is 16.0 Å². The number of likely N-dealkylation sites (N-methyl/N-ethyl adjacent to an activating group) is 1. The van der Waals surface area contributed by atoms with Gasteiger partial charge in [0.25, 0.3) is 5.91 Å². The number of hydrogen-bond acceptors (Lipinski definition) is 11. The van der Waals surface area contributed by atoms with Gasteiger partial charge in [0.1, 0.15) is 35.7 Å². The van der Waals surface area contributed by atoms with Crippen LogP contribution in [0.3, 0.4) is 0 Å². The molecule has 4 aromatic rings. The van der Waals surface area contributed by atoms with Crippen LogP contribution in [0.2, 0.25) is 5.02 Å². The summed E-state index contributed by atoms with van der Waals surface area (Å²) in [5.41, 5.74) is 9.07. The van der Waals surface area contributed by atoms with Crippen LogP contribution in [0.15, 0.2) is 114 Å². The van der Waals surface area contributed by atoms with Crippen LogP contribution in [0.5, 0.6) is 11.5 Å². The number of nitrogens with one attached hydrogen (secondary N) is 5. The quantitative estimate of drug-likeness (QED) is 0.0340. The van der Waals surface area contributed by atoms with Gasteiger partial charge in [0, 0.05) is 48.4 Å². The number of amides is 5. The van der Waals surface area contributed by atoms with Crippen molar-refractivity contribution in [3.05, 3.63) is 131 Å². The number of ketones is 1. The molecule has 0 saturated heterocycles. The van der Waals surface area contributed by atoms with Gasteiger partial charge >= 0.3 is 0 Å². The number of benzene rings is 4. The summed E-state index contributed by atoms with van der Waals surface area (Å²) in [7, 11) is 3.04. The molecule has 17 heteroatoms. The van der Waals surface area contributed by atoms with E-state index in [1.54, 1.807) is 49.5 Å². The molecule has 9 N–H and O–H groups in total. The zero-order valence-electron chi connectivity index (χ0n) is 37.1. The lowest BCUT2D eigenvalue weighted by atomic mass is 9.93. The Morgan fingerprint density at radius 3 is 2.17 bits per heavy atom. The number of aromatic hydroxyl groups is 2. The van der Waals surface area contributed by atoms with Gasteiger partial charge in [0.15, 0.2) is 5.78 Å². The lowest BCUT2D eigenvalue weighted by molar-refractivity contribution is -0.141. The maximum absolute atomic E-state index is 14.6. The highest BCUT2D eigenvalue weighted by Crippen LogP contribution is 2.39. The fraction of sp³-hybridized carbons (Fsp3) is 0.286. The van der Waals surface area contributed by atoms with Crippen LogP contribution in [-0.4, -0.2) is 102 Å². The highest BCUT2D eigenvalue weighted by molar-refractivity contribution is 6.30. The van der Waals surface area contributed by atoms with Gasteiger partial charge in [0.05, 0.1) is 11.7 Å². The third kappa shape index (κ3) is 12.7. The van der Waals surface area contributed by atoms with E-state index < -0.39 is 65.5 Å². The van der Waals surface area contributed by atoms with E-state index in [-0.39, 0.29) is 46.6 Å². The van der Waals surface area contributed by atoms with E-state index in [2.05, 4.69) is 38.3 Å². The molecule has 0 radical (unpaired) electrons. The lowest BCUT2D eigenvalue weighted by Crippen LogP contribution is -2.56. The van der Waals surface area contributed by atoms with Gasteiger partial charge < -0.3 is 47.4 Å². The molecule has 16 nitrogen and oxygen atoms in total. The topological polar surface area (TPSA) is 245 Å².